The molecule has 0 aliphatic rings. The molecule has 0 atom stereocenters. The molecule has 1 aromatic carbocycles. The topological polar surface area (TPSA) is 64.9 Å². The van der Waals surface area contributed by atoms with Crippen molar-refractivity contribution in [1.82, 2.24) is 4.98 Å². The summed E-state index contributed by atoms with van der Waals surface area (Å²) in [5.74, 6) is -0.533. The maximum Gasteiger partial charge on any atom is 0.213 e. The molecular weight excluding hydrogens is 193 g/mol. The third kappa shape index (κ3) is 1.88. The van der Waals surface area contributed by atoms with Crippen LogP contribution in [-0.4, -0.2) is 4.98 Å². The number of pyridine rings is 1. The normalized spacial score (nSPS) is 10.2. The molecule has 15 heavy (non-hydrogen) atoms. The molecule has 0 bridgehead atoms. The van der Waals surface area contributed by atoms with Gasteiger partial charge >= 0.3 is 0 Å². The van der Waals surface area contributed by atoms with Gasteiger partial charge < -0.3 is 11.5 Å². The van der Waals surface area contributed by atoms with Crippen LogP contribution in [0.2, 0.25) is 0 Å². The van der Waals surface area contributed by atoms with Crippen LogP contribution in [-0.2, 0) is 0 Å². The SMILES string of the molecule is Nc1ccc(N)c(-c2ccnc(F)c2)c1. The Balaban J connectivity index is 2.58. The van der Waals surface area contributed by atoms with Crippen LogP contribution in [0.4, 0.5) is 15.8 Å². The number of rotatable bonds is 1. The van der Waals surface area contributed by atoms with Gasteiger partial charge in [0.2, 0.25) is 5.95 Å². The summed E-state index contributed by atoms with van der Waals surface area (Å²) in [6, 6.07) is 8.13. The molecular formula is C11H10FN3. The lowest BCUT2D eigenvalue weighted by Crippen LogP contribution is -1.93. The Bertz CT molecular complexity index is 497. The minimum Gasteiger partial charge on any atom is -0.399 e. The zero-order valence-corrected chi connectivity index (χ0v) is 7.94. The van der Waals surface area contributed by atoms with Crippen LogP contribution in [0.5, 0.6) is 0 Å². The van der Waals surface area contributed by atoms with Crippen LogP contribution < -0.4 is 11.5 Å². The maximum absolute atomic E-state index is 12.9. The fourth-order valence-corrected chi connectivity index (χ4v) is 1.39. The summed E-state index contributed by atoms with van der Waals surface area (Å²) in [5.41, 5.74) is 14.0. The van der Waals surface area contributed by atoms with Crippen molar-refractivity contribution in [3.63, 3.8) is 0 Å². The third-order valence-electron chi connectivity index (χ3n) is 2.11. The number of nitrogen functional groups attached to an aromatic ring is 2. The zero-order chi connectivity index (χ0) is 10.8. The third-order valence-corrected chi connectivity index (χ3v) is 2.11. The van der Waals surface area contributed by atoms with E-state index in [0.717, 1.165) is 5.56 Å². The van der Waals surface area contributed by atoms with Gasteiger partial charge in [-0.05, 0) is 29.8 Å². The summed E-state index contributed by atoms with van der Waals surface area (Å²) >= 11 is 0. The van der Waals surface area contributed by atoms with Crippen LogP contribution in [0.1, 0.15) is 0 Å². The molecule has 2 aromatic rings. The molecule has 0 unspecified atom stereocenters. The molecule has 3 nitrogen and oxygen atoms in total. The molecule has 0 amide bonds. The van der Waals surface area contributed by atoms with Gasteiger partial charge in [0.15, 0.2) is 0 Å². The van der Waals surface area contributed by atoms with Crippen LogP contribution in [0, 0.1) is 5.95 Å². The second-order valence-corrected chi connectivity index (χ2v) is 3.21. The Morgan fingerprint density at radius 2 is 1.87 bits per heavy atom. The molecule has 0 saturated heterocycles. The lowest BCUT2D eigenvalue weighted by atomic mass is 10.0. The molecule has 0 aliphatic heterocycles. The number of hydrogen-bond acceptors (Lipinski definition) is 3. The highest BCUT2D eigenvalue weighted by molar-refractivity contribution is 5.78. The van der Waals surface area contributed by atoms with Crippen molar-refractivity contribution in [3.05, 3.63) is 42.5 Å². The van der Waals surface area contributed by atoms with Gasteiger partial charge in [-0.25, -0.2) is 4.98 Å². The standard InChI is InChI=1S/C11H10FN3/c12-11-5-7(3-4-15-11)9-6-8(13)1-2-10(9)14/h1-6H,13-14H2. The Morgan fingerprint density at radius 1 is 1.07 bits per heavy atom. The zero-order valence-electron chi connectivity index (χ0n) is 7.94. The molecule has 76 valence electrons. The minimum absolute atomic E-state index is 0.533. The summed E-state index contributed by atoms with van der Waals surface area (Å²) < 4.78 is 12.9. The number of nitrogens with zero attached hydrogens (tertiary/aromatic N) is 1. The minimum atomic E-state index is -0.533. The van der Waals surface area contributed by atoms with Crippen molar-refractivity contribution in [3.8, 4) is 11.1 Å². The van der Waals surface area contributed by atoms with E-state index in [-0.39, 0.29) is 0 Å². The van der Waals surface area contributed by atoms with E-state index in [1.165, 1.54) is 12.3 Å². The molecule has 0 radical (unpaired) electrons. The molecule has 0 spiro atoms. The largest absolute Gasteiger partial charge is 0.399 e. The smallest absolute Gasteiger partial charge is 0.213 e. The van der Waals surface area contributed by atoms with Gasteiger partial charge in [-0.1, -0.05) is 0 Å². The molecule has 2 rings (SSSR count). The maximum atomic E-state index is 12.9. The first-order valence-corrected chi connectivity index (χ1v) is 4.44. The predicted octanol–water partition coefficient (Wildman–Crippen LogP) is 2.05. The number of halogens is 1. The van der Waals surface area contributed by atoms with Gasteiger partial charge in [-0.3, -0.25) is 0 Å². The lowest BCUT2D eigenvalue weighted by molar-refractivity contribution is 0.584. The summed E-state index contributed by atoms with van der Waals surface area (Å²) in [5, 5.41) is 0. The number of aromatic nitrogens is 1. The second-order valence-electron chi connectivity index (χ2n) is 3.21. The van der Waals surface area contributed by atoms with E-state index in [0.29, 0.717) is 16.9 Å². The van der Waals surface area contributed by atoms with E-state index in [2.05, 4.69) is 4.98 Å². The average molecular weight is 203 g/mol. The second kappa shape index (κ2) is 3.57. The van der Waals surface area contributed by atoms with Crippen LogP contribution in [0.25, 0.3) is 11.1 Å². The number of hydrogen-bond donors (Lipinski definition) is 2. The molecule has 1 heterocycles. The van der Waals surface area contributed by atoms with Crippen molar-refractivity contribution >= 4 is 11.4 Å². The van der Waals surface area contributed by atoms with Crippen molar-refractivity contribution in [2.24, 2.45) is 0 Å². The highest BCUT2D eigenvalue weighted by atomic mass is 19.1. The van der Waals surface area contributed by atoms with Gasteiger partial charge in [0, 0.05) is 29.2 Å². The van der Waals surface area contributed by atoms with Gasteiger partial charge in [-0.2, -0.15) is 4.39 Å². The van der Waals surface area contributed by atoms with Crippen molar-refractivity contribution in [2.45, 2.75) is 0 Å². The fraction of sp³-hybridized carbons (Fsp3) is 0. The van der Waals surface area contributed by atoms with Gasteiger partial charge in [0.1, 0.15) is 0 Å². The van der Waals surface area contributed by atoms with Crippen molar-refractivity contribution in [1.29, 1.82) is 0 Å². The number of benzene rings is 1. The van der Waals surface area contributed by atoms with E-state index in [1.54, 1.807) is 24.3 Å². The average Bonchev–Trinajstić information content (AvgIpc) is 2.22. The van der Waals surface area contributed by atoms with Crippen molar-refractivity contribution in [2.75, 3.05) is 11.5 Å². The summed E-state index contributed by atoms with van der Waals surface area (Å²) in [6.07, 6.45) is 1.40. The molecule has 1 aromatic heterocycles. The molecule has 4 N–H and O–H groups in total. The van der Waals surface area contributed by atoms with Crippen molar-refractivity contribution < 1.29 is 4.39 Å². The predicted molar refractivity (Wildman–Crippen MR) is 58.5 cm³/mol. The highest BCUT2D eigenvalue weighted by Gasteiger charge is 2.04. The fourth-order valence-electron chi connectivity index (χ4n) is 1.39. The van der Waals surface area contributed by atoms with Crippen LogP contribution in [0.3, 0.4) is 0 Å². The Labute approximate surface area is 86.6 Å². The van der Waals surface area contributed by atoms with Gasteiger partial charge in [-0.15, -0.1) is 0 Å². The summed E-state index contributed by atoms with van der Waals surface area (Å²) in [4.78, 5) is 3.48. The van der Waals surface area contributed by atoms with Crippen LogP contribution >= 0.6 is 0 Å². The van der Waals surface area contributed by atoms with Crippen LogP contribution in [0.15, 0.2) is 36.5 Å². The summed E-state index contributed by atoms with van der Waals surface area (Å²) in [6.45, 7) is 0. The monoisotopic (exact) mass is 203 g/mol. The first-order valence-electron chi connectivity index (χ1n) is 4.44. The number of nitrogens with two attached hydrogens (primary N) is 2. The molecule has 0 saturated carbocycles. The quantitative estimate of drug-likeness (QED) is 0.550. The molecule has 0 fully saturated rings. The summed E-state index contributed by atoms with van der Waals surface area (Å²) in [7, 11) is 0. The van der Waals surface area contributed by atoms with E-state index in [4.69, 9.17) is 11.5 Å². The van der Waals surface area contributed by atoms with E-state index in [9.17, 15) is 4.39 Å². The Kier molecular flexibility index (Phi) is 2.25. The van der Waals surface area contributed by atoms with E-state index < -0.39 is 5.95 Å². The van der Waals surface area contributed by atoms with E-state index in [1.807, 2.05) is 0 Å². The first kappa shape index (κ1) is 9.45. The lowest BCUT2D eigenvalue weighted by Gasteiger charge is -2.06. The Hall–Kier alpha value is -2.10. The number of anilines is 2. The first-order chi connectivity index (χ1) is 7.16. The van der Waals surface area contributed by atoms with E-state index >= 15 is 0 Å². The Morgan fingerprint density at radius 3 is 2.60 bits per heavy atom. The molecule has 0 aliphatic carbocycles. The highest BCUT2D eigenvalue weighted by Crippen LogP contribution is 2.27. The molecule has 4 heteroatoms. The van der Waals surface area contributed by atoms with Gasteiger partial charge in [0.25, 0.3) is 0 Å². The van der Waals surface area contributed by atoms with Gasteiger partial charge in [0.05, 0.1) is 0 Å².